The zero-order chi connectivity index (χ0) is 24.5. The van der Waals surface area contributed by atoms with E-state index in [1.54, 1.807) is 18.3 Å². The fourth-order valence-electron chi connectivity index (χ4n) is 4.05. The molecule has 3 N–H and O–H groups in total. The molecule has 4 heterocycles. The molecule has 2 atom stereocenters. The first-order chi connectivity index (χ1) is 16.9. The van der Waals surface area contributed by atoms with E-state index in [1.807, 2.05) is 6.92 Å². The zero-order valence-corrected chi connectivity index (χ0v) is 20.5. The Morgan fingerprint density at radius 2 is 2.00 bits per heavy atom. The van der Waals surface area contributed by atoms with Crippen LogP contribution in [0.1, 0.15) is 35.3 Å². The lowest BCUT2D eigenvalue weighted by atomic mass is 10.0. The van der Waals surface area contributed by atoms with Crippen molar-refractivity contribution in [3.8, 4) is 16.9 Å². The molecule has 1 aliphatic rings. The van der Waals surface area contributed by atoms with Crippen molar-refractivity contribution < 1.29 is 14.6 Å². The minimum Gasteiger partial charge on any atom is -0.494 e. The van der Waals surface area contributed by atoms with E-state index in [2.05, 4.69) is 35.6 Å². The predicted molar refractivity (Wildman–Crippen MR) is 134 cm³/mol. The lowest BCUT2D eigenvalue weighted by Gasteiger charge is -2.13. The van der Waals surface area contributed by atoms with E-state index in [0.29, 0.717) is 50.3 Å². The first-order valence-corrected chi connectivity index (χ1v) is 12.1. The van der Waals surface area contributed by atoms with Gasteiger partial charge in [0, 0.05) is 29.1 Å². The van der Waals surface area contributed by atoms with Crippen molar-refractivity contribution in [3.63, 3.8) is 0 Å². The van der Waals surface area contributed by atoms with Crippen LogP contribution in [0.3, 0.4) is 0 Å². The van der Waals surface area contributed by atoms with Gasteiger partial charge in [-0.05, 0) is 38.3 Å². The number of methoxy groups -OCH3 is 1. The number of ether oxygens (including phenoxy) is 1. The van der Waals surface area contributed by atoms with Gasteiger partial charge in [-0.2, -0.15) is 0 Å². The van der Waals surface area contributed by atoms with Gasteiger partial charge < -0.3 is 15.2 Å². The van der Waals surface area contributed by atoms with Crippen LogP contribution in [0.4, 0.5) is 11.1 Å². The zero-order valence-electron chi connectivity index (χ0n) is 18.9. The molecule has 0 radical (unpaired) electrons. The summed E-state index contributed by atoms with van der Waals surface area (Å²) in [5.41, 5.74) is 2.89. The third-order valence-electron chi connectivity index (χ3n) is 5.74. The standard InChI is InChI=1S/C23H22ClN7O3S/c1-11-5-14(15-7-19(24)26-10-18(15)34-2)16(8-25-11)20(33)30-23-29-17-9-27-22(31-21(17)35-23)28-12-3-4-13(32)6-12/h5,7-10,12-13,32H,3-4,6H2,1-2H3,(H,27,28,31)(H,29,30,33)/t12-,13+/m1/s1. The molecule has 5 rings (SSSR count). The topological polar surface area (TPSA) is 135 Å². The average molecular weight is 512 g/mol. The summed E-state index contributed by atoms with van der Waals surface area (Å²) in [5.74, 6) is 0.580. The van der Waals surface area contributed by atoms with E-state index in [1.165, 1.54) is 30.8 Å². The fourth-order valence-corrected chi connectivity index (χ4v) is 5.01. The molecule has 0 unspecified atom stereocenters. The summed E-state index contributed by atoms with van der Waals surface area (Å²) in [4.78, 5) is 35.5. The molecule has 4 aromatic rings. The second-order valence-electron chi connectivity index (χ2n) is 8.24. The molecule has 35 heavy (non-hydrogen) atoms. The Bertz CT molecular complexity index is 1410. The Morgan fingerprint density at radius 1 is 1.14 bits per heavy atom. The van der Waals surface area contributed by atoms with Crippen LogP contribution in [0.25, 0.3) is 21.5 Å². The number of thiazole rings is 1. The van der Waals surface area contributed by atoms with Crippen molar-refractivity contribution in [2.45, 2.75) is 38.3 Å². The maximum atomic E-state index is 13.3. The molecule has 0 bridgehead atoms. The van der Waals surface area contributed by atoms with Crippen LogP contribution >= 0.6 is 22.9 Å². The lowest BCUT2D eigenvalue weighted by molar-refractivity contribution is 0.102. The van der Waals surface area contributed by atoms with E-state index < -0.39 is 0 Å². The highest BCUT2D eigenvalue weighted by atomic mass is 35.5. The Labute approximate surface area is 209 Å². The van der Waals surface area contributed by atoms with Gasteiger partial charge in [-0.25, -0.2) is 19.9 Å². The fraction of sp³-hybridized carbons (Fsp3) is 0.304. The van der Waals surface area contributed by atoms with Crippen molar-refractivity contribution in [2.24, 2.45) is 0 Å². The Balaban J connectivity index is 1.41. The minimum atomic E-state index is -0.382. The number of halogens is 1. The molecule has 0 aliphatic heterocycles. The maximum Gasteiger partial charge on any atom is 0.259 e. The average Bonchev–Trinajstić information content (AvgIpc) is 3.43. The number of hydrogen-bond acceptors (Lipinski definition) is 10. The summed E-state index contributed by atoms with van der Waals surface area (Å²) in [5, 5.41) is 16.5. The molecule has 1 amide bonds. The summed E-state index contributed by atoms with van der Waals surface area (Å²) < 4.78 is 5.43. The van der Waals surface area contributed by atoms with Gasteiger partial charge in [0.05, 0.1) is 31.2 Å². The Morgan fingerprint density at radius 3 is 2.77 bits per heavy atom. The summed E-state index contributed by atoms with van der Waals surface area (Å²) in [6, 6.07) is 3.59. The van der Waals surface area contributed by atoms with Gasteiger partial charge in [-0.3, -0.25) is 15.1 Å². The van der Waals surface area contributed by atoms with Crippen LogP contribution < -0.4 is 15.4 Å². The number of pyridine rings is 2. The number of hydrogen-bond donors (Lipinski definition) is 3. The molecule has 0 spiro atoms. The molecule has 10 nitrogen and oxygen atoms in total. The lowest BCUT2D eigenvalue weighted by Crippen LogP contribution is -2.18. The molecule has 0 aromatic carbocycles. The van der Waals surface area contributed by atoms with Crippen molar-refractivity contribution in [1.29, 1.82) is 0 Å². The molecule has 1 saturated carbocycles. The van der Waals surface area contributed by atoms with E-state index in [0.717, 1.165) is 18.5 Å². The molecular formula is C23H22ClN7O3S. The largest absolute Gasteiger partial charge is 0.494 e. The number of nitrogens with one attached hydrogen (secondary N) is 2. The first-order valence-electron chi connectivity index (χ1n) is 11.0. The van der Waals surface area contributed by atoms with Crippen LogP contribution in [0.2, 0.25) is 5.15 Å². The Hall–Kier alpha value is -3.41. The highest BCUT2D eigenvalue weighted by Gasteiger charge is 2.24. The Kier molecular flexibility index (Phi) is 6.46. The van der Waals surface area contributed by atoms with E-state index >= 15 is 0 Å². The summed E-state index contributed by atoms with van der Waals surface area (Å²) >= 11 is 7.37. The SMILES string of the molecule is COc1cnc(Cl)cc1-c1cc(C)ncc1C(=O)Nc1nc2cnc(N[C@@H]3CC[C@H](O)C3)nc2s1. The van der Waals surface area contributed by atoms with Crippen LogP contribution in [0.15, 0.2) is 30.7 Å². The quantitative estimate of drug-likeness (QED) is 0.327. The number of aliphatic hydroxyl groups excluding tert-OH is 1. The second-order valence-corrected chi connectivity index (χ2v) is 9.61. The van der Waals surface area contributed by atoms with Crippen molar-refractivity contribution in [2.75, 3.05) is 17.7 Å². The minimum absolute atomic E-state index is 0.140. The van der Waals surface area contributed by atoms with Crippen LogP contribution in [-0.4, -0.2) is 55.2 Å². The number of fused-ring (bicyclic) bond motifs is 1. The first kappa shape index (κ1) is 23.3. The monoisotopic (exact) mass is 511 g/mol. The number of nitrogens with zero attached hydrogens (tertiary/aromatic N) is 5. The van der Waals surface area contributed by atoms with Crippen LogP contribution in [0, 0.1) is 6.92 Å². The number of rotatable bonds is 6. The predicted octanol–water partition coefficient (Wildman–Crippen LogP) is 4.09. The molecule has 12 heteroatoms. The van der Waals surface area contributed by atoms with Crippen LogP contribution in [0.5, 0.6) is 5.75 Å². The van der Waals surface area contributed by atoms with Gasteiger partial charge in [0.2, 0.25) is 5.95 Å². The number of anilines is 2. The van der Waals surface area contributed by atoms with Gasteiger partial charge in [0.1, 0.15) is 16.4 Å². The number of carbonyl (C=O) groups is 1. The maximum absolute atomic E-state index is 13.3. The molecule has 4 aromatic heterocycles. The summed E-state index contributed by atoms with van der Waals surface area (Å²) in [6.45, 7) is 1.84. The summed E-state index contributed by atoms with van der Waals surface area (Å²) in [7, 11) is 1.53. The number of aromatic nitrogens is 5. The van der Waals surface area contributed by atoms with Crippen molar-refractivity contribution in [1.82, 2.24) is 24.9 Å². The summed E-state index contributed by atoms with van der Waals surface area (Å²) in [6.07, 6.45) is 6.66. The third kappa shape index (κ3) is 5.02. The van der Waals surface area contributed by atoms with Crippen LogP contribution in [-0.2, 0) is 0 Å². The van der Waals surface area contributed by atoms with Gasteiger partial charge in [-0.15, -0.1) is 0 Å². The third-order valence-corrected chi connectivity index (χ3v) is 6.83. The van der Waals surface area contributed by atoms with E-state index in [9.17, 15) is 9.90 Å². The highest BCUT2D eigenvalue weighted by molar-refractivity contribution is 7.22. The molecule has 0 saturated heterocycles. The normalized spacial score (nSPS) is 17.5. The van der Waals surface area contributed by atoms with Gasteiger partial charge in [0.25, 0.3) is 5.91 Å². The van der Waals surface area contributed by atoms with E-state index in [-0.39, 0.29) is 23.2 Å². The second kappa shape index (κ2) is 9.68. The molecule has 1 fully saturated rings. The number of aliphatic hydroxyl groups is 1. The van der Waals surface area contributed by atoms with Crippen molar-refractivity contribution >= 4 is 50.3 Å². The smallest absolute Gasteiger partial charge is 0.259 e. The number of aryl methyl sites for hydroxylation is 1. The van der Waals surface area contributed by atoms with E-state index in [4.69, 9.17) is 16.3 Å². The highest BCUT2D eigenvalue weighted by Crippen LogP contribution is 2.34. The van der Waals surface area contributed by atoms with Gasteiger partial charge >= 0.3 is 0 Å². The van der Waals surface area contributed by atoms with Gasteiger partial charge in [-0.1, -0.05) is 22.9 Å². The van der Waals surface area contributed by atoms with Crippen molar-refractivity contribution in [3.05, 3.63) is 47.1 Å². The van der Waals surface area contributed by atoms with Gasteiger partial charge in [0.15, 0.2) is 9.96 Å². The number of amides is 1. The number of carbonyl (C=O) groups excluding carboxylic acids is 1. The molecular weight excluding hydrogens is 490 g/mol. The molecule has 1 aliphatic carbocycles. The molecule has 180 valence electrons.